The third-order valence-corrected chi connectivity index (χ3v) is 4.19. The molecule has 0 aliphatic carbocycles. The Kier molecular flexibility index (Phi) is 12.8. The summed E-state index contributed by atoms with van der Waals surface area (Å²) in [7, 11) is 5.59. The summed E-state index contributed by atoms with van der Waals surface area (Å²) in [5.74, 6) is 0.809. The molecule has 1 aromatic rings. The van der Waals surface area contributed by atoms with Crippen LogP contribution in [0.15, 0.2) is 11.2 Å². The van der Waals surface area contributed by atoms with E-state index in [2.05, 4.69) is 39.5 Å². The van der Waals surface area contributed by atoms with Crippen LogP contribution in [0, 0.1) is 0 Å². The van der Waals surface area contributed by atoms with Crippen molar-refractivity contribution in [2.24, 2.45) is 4.99 Å². The Balaban J connectivity index is 0.00000441. The van der Waals surface area contributed by atoms with Crippen molar-refractivity contribution in [2.45, 2.75) is 19.9 Å². The number of halogens is 1. The fourth-order valence-corrected chi connectivity index (χ4v) is 2.50. The van der Waals surface area contributed by atoms with Crippen LogP contribution >= 0.6 is 35.3 Å². The molecule has 0 aromatic carbocycles. The van der Waals surface area contributed by atoms with Crippen molar-refractivity contribution in [3.63, 3.8) is 0 Å². The number of aliphatic imine (C=N–C) groups is 1. The van der Waals surface area contributed by atoms with Gasteiger partial charge in [-0.05, 0) is 13.5 Å². The number of nitrogens with one attached hydrogen (secondary N) is 2. The molecule has 0 spiro atoms. The molecule has 1 rings (SSSR count). The van der Waals surface area contributed by atoms with Crippen LogP contribution in [-0.2, 0) is 17.7 Å². The smallest absolute Gasteiger partial charge is 0.191 e. The van der Waals surface area contributed by atoms with Crippen LogP contribution in [0.25, 0.3) is 0 Å². The number of aryl methyl sites for hydroxylation is 1. The molecular formula is C14H28IN5OS. The fraction of sp³-hybridized carbons (Fsp3) is 0.714. The van der Waals surface area contributed by atoms with E-state index in [0.29, 0.717) is 6.54 Å². The molecule has 0 fully saturated rings. The number of thiazole rings is 1. The lowest BCUT2D eigenvalue weighted by molar-refractivity contribution is 0.162. The van der Waals surface area contributed by atoms with Crippen LogP contribution in [-0.4, -0.2) is 63.3 Å². The summed E-state index contributed by atoms with van der Waals surface area (Å²) in [6.45, 7) is 6.34. The topological polar surface area (TPSA) is 61.8 Å². The highest BCUT2D eigenvalue weighted by Crippen LogP contribution is 2.12. The van der Waals surface area contributed by atoms with Gasteiger partial charge in [-0.1, -0.05) is 6.92 Å². The average molecular weight is 441 g/mol. The molecule has 22 heavy (non-hydrogen) atoms. The second-order valence-corrected chi connectivity index (χ2v) is 5.92. The summed E-state index contributed by atoms with van der Waals surface area (Å²) in [6, 6.07) is 0. The molecule has 0 aliphatic heterocycles. The van der Waals surface area contributed by atoms with Gasteiger partial charge in [0.1, 0.15) is 5.01 Å². The van der Waals surface area contributed by atoms with Crippen molar-refractivity contribution in [3.05, 3.63) is 16.1 Å². The van der Waals surface area contributed by atoms with E-state index in [9.17, 15) is 0 Å². The van der Waals surface area contributed by atoms with E-state index in [1.807, 2.05) is 6.20 Å². The number of rotatable bonds is 9. The number of methoxy groups -OCH3 is 1. The largest absolute Gasteiger partial charge is 0.383 e. The predicted octanol–water partition coefficient (Wildman–Crippen LogP) is 1.57. The first-order valence-corrected chi connectivity index (χ1v) is 8.06. The highest BCUT2D eigenvalue weighted by atomic mass is 127. The molecule has 2 N–H and O–H groups in total. The molecule has 0 saturated carbocycles. The molecule has 128 valence electrons. The summed E-state index contributed by atoms with van der Waals surface area (Å²) in [5, 5.41) is 7.67. The maximum Gasteiger partial charge on any atom is 0.191 e. The standard InChI is InChI=1S/C14H27N5OS.HI/c1-5-12-10-17-13(21-12)11-18-14(15-2)16-6-7-19(3)8-9-20-4;/h10H,5-9,11H2,1-4H3,(H2,15,16,18);1H. The minimum atomic E-state index is 0. The quantitative estimate of drug-likeness (QED) is 0.346. The fourth-order valence-electron chi connectivity index (χ4n) is 1.70. The Hall–Kier alpha value is -0.450. The lowest BCUT2D eigenvalue weighted by atomic mass is 10.4. The summed E-state index contributed by atoms with van der Waals surface area (Å²) in [6.07, 6.45) is 2.99. The molecule has 1 heterocycles. The molecule has 0 radical (unpaired) electrons. The molecule has 0 bridgehead atoms. The SMILES string of the molecule is CCc1cnc(CNC(=NC)NCCN(C)CCOC)s1.I. The maximum atomic E-state index is 5.06. The average Bonchev–Trinajstić information content (AvgIpc) is 2.96. The van der Waals surface area contributed by atoms with Crippen molar-refractivity contribution in [1.29, 1.82) is 0 Å². The number of guanidine groups is 1. The van der Waals surface area contributed by atoms with Crippen molar-refractivity contribution in [1.82, 2.24) is 20.5 Å². The lowest BCUT2D eigenvalue weighted by Gasteiger charge is -2.17. The molecule has 0 saturated heterocycles. The van der Waals surface area contributed by atoms with Crippen molar-refractivity contribution in [2.75, 3.05) is 47.4 Å². The Bertz CT molecular complexity index is 427. The van der Waals surface area contributed by atoms with Crippen LogP contribution in [0.1, 0.15) is 16.8 Å². The number of hydrogen-bond donors (Lipinski definition) is 2. The zero-order valence-electron chi connectivity index (χ0n) is 13.9. The molecule has 6 nitrogen and oxygen atoms in total. The Morgan fingerprint density at radius 3 is 2.77 bits per heavy atom. The van der Waals surface area contributed by atoms with Crippen LogP contribution in [0.4, 0.5) is 0 Å². The summed E-state index contributed by atoms with van der Waals surface area (Å²) >= 11 is 1.74. The third kappa shape index (κ3) is 8.86. The van der Waals surface area contributed by atoms with Crippen LogP contribution in [0.2, 0.25) is 0 Å². The Labute approximate surface area is 154 Å². The van der Waals surface area contributed by atoms with E-state index in [1.165, 1.54) is 4.88 Å². The molecule has 0 aliphatic rings. The Morgan fingerprint density at radius 2 is 2.18 bits per heavy atom. The van der Waals surface area contributed by atoms with Gasteiger partial charge in [0, 0.05) is 44.9 Å². The van der Waals surface area contributed by atoms with Gasteiger partial charge < -0.3 is 20.3 Å². The maximum absolute atomic E-state index is 5.06. The van der Waals surface area contributed by atoms with Gasteiger partial charge in [-0.25, -0.2) is 4.98 Å². The second kappa shape index (κ2) is 13.0. The van der Waals surface area contributed by atoms with Crippen LogP contribution < -0.4 is 10.6 Å². The molecule has 0 atom stereocenters. The summed E-state index contributed by atoms with van der Waals surface area (Å²) in [4.78, 5) is 12.1. The van der Waals surface area contributed by atoms with Gasteiger partial charge in [0.2, 0.25) is 0 Å². The van der Waals surface area contributed by atoms with Crippen molar-refractivity contribution < 1.29 is 4.74 Å². The monoisotopic (exact) mass is 441 g/mol. The van der Waals surface area contributed by atoms with Crippen molar-refractivity contribution >= 4 is 41.3 Å². The molecule has 1 aromatic heterocycles. The highest BCUT2D eigenvalue weighted by Gasteiger charge is 2.03. The molecule has 8 heteroatoms. The predicted molar refractivity (Wildman–Crippen MR) is 104 cm³/mol. The van der Waals surface area contributed by atoms with E-state index >= 15 is 0 Å². The summed E-state index contributed by atoms with van der Waals surface area (Å²) in [5.41, 5.74) is 0. The number of nitrogens with zero attached hydrogens (tertiary/aromatic N) is 3. The minimum absolute atomic E-state index is 0. The summed E-state index contributed by atoms with van der Waals surface area (Å²) < 4.78 is 5.06. The van der Waals surface area contributed by atoms with Crippen molar-refractivity contribution in [3.8, 4) is 0 Å². The molecule has 0 amide bonds. The third-order valence-electron chi connectivity index (χ3n) is 3.04. The van der Waals surface area contributed by atoms with Gasteiger partial charge in [-0.15, -0.1) is 35.3 Å². The van der Waals surface area contributed by atoms with Gasteiger partial charge in [-0.3, -0.25) is 4.99 Å². The normalized spacial score (nSPS) is 11.4. The van der Waals surface area contributed by atoms with Gasteiger partial charge in [0.15, 0.2) is 5.96 Å². The van der Waals surface area contributed by atoms with Crippen LogP contribution in [0.3, 0.4) is 0 Å². The number of likely N-dealkylation sites (N-methyl/N-ethyl adjacent to an activating group) is 1. The first-order valence-electron chi connectivity index (χ1n) is 7.25. The number of aromatic nitrogens is 1. The first kappa shape index (κ1) is 21.6. The van der Waals surface area contributed by atoms with Gasteiger partial charge >= 0.3 is 0 Å². The lowest BCUT2D eigenvalue weighted by Crippen LogP contribution is -2.41. The van der Waals surface area contributed by atoms with Crippen LogP contribution in [0.5, 0.6) is 0 Å². The van der Waals surface area contributed by atoms with E-state index in [1.54, 1.807) is 25.5 Å². The highest BCUT2D eigenvalue weighted by molar-refractivity contribution is 14.0. The Morgan fingerprint density at radius 1 is 1.41 bits per heavy atom. The minimum Gasteiger partial charge on any atom is -0.383 e. The second-order valence-electron chi connectivity index (χ2n) is 4.72. The van der Waals surface area contributed by atoms with Gasteiger partial charge in [-0.2, -0.15) is 0 Å². The molecule has 0 unspecified atom stereocenters. The number of ether oxygens (including phenoxy) is 1. The number of hydrogen-bond acceptors (Lipinski definition) is 5. The van der Waals surface area contributed by atoms with E-state index in [4.69, 9.17) is 4.74 Å². The van der Waals surface area contributed by atoms with E-state index < -0.39 is 0 Å². The first-order chi connectivity index (χ1) is 10.2. The van der Waals surface area contributed by atoms with Gasteiger partial charge in [0.25, 0.3) is 0 Å². The van der Waals surface area contributed by atoms with E-state index in [0.717, 1.165) is 43.6 Å². The zero-order chi connectivity index (χ0) is 15.5. The van der Waals surface area contributed by atoms with E-state index in [-0.39, 0.29) is 24.0 Å². The zero-order valence-corrected chi connectivity index (χ0v) is 17.0. The van der Waals surface area contributed by atoms with Gasteiger partial charge in [0.05, 0.1) is 13.2 Å². The molecular weight excluding hydrogens is 413 g/mol.